The molecule has 1 aromatic rings. The summed E-state index contributed by atoms with van der Waals surface area (Å²) in [5.41, 5.74) is 7.25. The Balaban J connectivity index is 2.54. The lowest BCUT2D eigenvalue weighted by Crippen LogP contribution is -2.44. The van der Waals surface area contributed by atoms with Crippen LogP contribution in [0.2, 0.25) is 0 Å². The van der Waals surface area contributed by atoms with E-state index in [9.17, 15) is 9.59 Å². The number of nitrogens with two attached hydrogens (primary N) is 1. The Hall–Kier alpha value is -1.92. The first-order chi connectivity index (χ1) is 9.97. The first kappa shape index (κ1) is 17.1. The summed E-state index contributed by atoms with van der Waals surface area (Å²) in [6.07, 6.45) is 0. The molecule has 0 heterocycles. The maximum atomic E-state index is 12.1. The van der Waals surface area contributed by atoms with Crippen molar-refractivity contribution in [2.45, 2.75) is 26.4 Å². The van der Waals surface area contributed by atoms with Crippen LogP contribution in [-0.2, 0) is 16.1 Å². The number of carbonyl (C=O) groups excluding carboxylic acids is 2. The molecule has 6 nitrogen and oxygen atoms in total. The van der Waals surface area contributed by atoms with Crippen LogP contribution >= 0.6 is 0 Å². The fraction of sp³-hybridized carbons (Fsp3) is 0.467. The number of amides is 2. The average Bonchev–Trinajstić information content (AvgIpc) is 2.47. The van der Waals surface area contributed by atoms with Gasteiger partial charge in [-0.05, 0) is 38.6 Å². The van der Waals surface area contributed by atoms with Gasteiger partial charge in [0.25, 0.3) is 0 Å². The first-order valence-corrected chi connectivity index (χ1v) is 7.04. The van der Waals surface area contributed by atoms with Crippen molar-refractivity contribution in [1.82, 2.24) is 10.2 Å². The summed E-state index contributed by atoms with van der Waals surface area (Å²) in [5.74, 6) is -0.241. The van der Waals surface area contributed by atoms with Gasteiger partial charge in [0.05, 0.1) is 12.6 Å². The van der Waals surface area contributed by atoms with Crippen LogP contribution in [0, 0.1) is 0 Å². The highest BCUT2D eigenvalue weighted by atomic mass is 16.2. The number of benzene rings is 1. The van der Waals surface area contributed by atoms with E-state index in [1.54, 1.807) is 18.9 Å². The van der Waals surface area contributed by atoms with Crippen molar-refractivity contribution >= 4 is 17.5 Å². The van der Waals surface area contributed by atoms with Gasteiger partial charge in [0.15, 0.2) is 0 Å². The Morgan fingerprint density at radius 2 is 1.90 bits per heavy atom. The van der Waals surface area contributed by atoms with Crippen LogP contribution in [0.3, 0.4) is 0 Å². The largest absolute Gasteiger partial charge is 0.355 e. The Kier molecular flexibility index (Phi) is 6.84. The lowest BCUT2D eigenvalue weighted by Gasteiger charge is -2.23. The highest BCUT2D eigenvalue weighted by molar-refractivity contribution is 5.94. The van der Waals surface area contributed by atoms with E-state index in [-0.39, 0.29) is 18.4 Å². The molecule has 0 aromatic heterocycles. The van der Waals surface area contributed by atoms with Crippen LogP contribution < -0.4 is 16.4 Å². The molecular formula is C15H24N4O2. The Morgan fingerprint density at radius 3 is 2.43 bits per heavy atom. The number of hydrogen-bond acceptors (Lipinski definition) is 4. The molecule has 6 heteroatoms. The van der Waals surface area contributed by atoms with Gasteiger partial charge in [-0.15, -0.1) is 0 Å². The van der Waals surface area contributed by atoms with Gasteiger partial charge in [-0.2, -0.15) is 0 Å². The summed E-state index contributed by atoms with van der Waals surface area (Å²) in [5, 5.41) is 5.53. The zero-order chi connectivity index (χ0) is 15.8. The molecule has 0 radical (unpaired) electrons. The minimum atomic E-state index is -0.401. The minimum Gasteiger partial charge on any atom is -0.355 e. The molecule has 1 aromatic carbocycles. The summed E-state index contributed by atoms with van der Waals surface area (Å²) in [4.78, 5) is 25.4. The molecule has 0 spiro atoms. The number of nitrogens with zero attached hydrogens (tertiary/aromatic N) is 1. The smallest absolute Gasteiger partial charge is 0.241 e. The topological polar surface area (TPSA) is 87.5 Å². The maximum absolute atomic E-state index is 12.1. The van der Waals surface area contributed by atoms with Gasteiger partial charge in [-0.1, -0.05) is 12.1 Å². The van der Waals surface area contributed by atoms with E-state index in [0.29, 0.717) is 13.1 Å². The van der Waals surface area contributed by atoms with Crippen molar-refractivity contribution in [3.05, 3.63) is 29.8 Å². The fourth-order valence-corrected chi connectivity index (χ4v) is 1.79. The second kappa shape index (κ2) is 8.39. The lowest BCUT2D eigenvalue weighted by molar-refractivity contribution is -0.124. The molecule has 1 unspecified atom stereocenters. The third-order valence-electron chi connectivity index (χ3n) is 3.26. The van der Waals surface area contributed by atoms with E-state index in [4.69, 9.17) is 5.73 Å². The molecule has 0 saturated heterocycles. The number of rotatable bonds is 7. The molecule has 1 rings (SSSR count). The molecule has 0 saturated carbocycles. The monoisotopic (exact) mass is 292 g/mol. The molecule has 0 bridgehead atoms. The predicted molar refractivity (Wildman–Crippen MR) is 83.7 cm³/mol. The zero-order valence-corrected chi connectivity index (χ0v) is 12.8. The number of anilines is 1. The predicted octanol–water partition coefficient (Wildman–Crippen LogP) is 0.540. The summed E-state index contributed by atoms with van der Waals surface area (Å²) in [7, 11) is 1.75. The van der Waals surface area contributed by atoms with E-state index in [2.05, 4.69) is 10.6 Å². The van der Waals surface area contributed by atoms with Crippen LogP contribution in [0.5, 0.6) is 0 Å². The van der Waals surface area contributed by atoms with Gasteiger partial charge in [0, 0.05) is 18.8 Å². The fourth-order valence-electron chi connectivity index (χ4n) is 1.79. The van der Waals surface area contributed by atoms with Gasteiger partial charge in [-0.3, -0.25) is 14.5 Å². The molecule has 4 N–H and O–H groups in total. The summed E-state index contributed by atoms with van der Waals surface area (Å²) >= 11 is 0. The minimum absolute atomic E-state index is 0.0908. The van der Waals surface area contributed by atoms with Gasteiger partial charge >= 0.3 is 0 Å². The molecule has 0 fully saturated rings. The first-order valence-electron chi connectivity index (χ1n) is 7.04. The van der Waals surface area contributed by atoms with E-state index < -0.39 is 6.04 Å². The standard InChI is InChI=1S/C15H24N4O2/c1-4-17-14(20)10-19(3)11(2)15(21)18-13-7-5-12(9-16)6-8-13/h5-8,11H,4,9-10,16H2,1-3H3,(H,17,20)(H,18,21). The summed E-state index contributed by atoms with van der Waals surface area (Å²) in [6.45, 7) is 4.87. The molecule has 0 aliphatic rings. The zero-order valence-electron chi connectivity index (χ0n) is 12.8. The number of nitrogens with one attached hydrogen (secondary N) is 2. The van der Waals surface area contributed by atoms with Gasteiger partial charge in [-0.25, -0.2) is 0 Å². The lowest BCUT2D eigenvalue weighted by atomic mass is 10.2. The molecule has 1 atom stereocenters. The van der Waals surface area contributed by atoms with Crippen molar-refractivity contribution in [2.75, 3.05) is 25.5 Å². The second-order valence-electron chi connectivity index (χ2n) is 4.93. The van der Waals surface area contributed by atoms with E-state index in [1.807, 2.05) is 31.2 Å². The normalized spacial score (nSPS) is 12.0. The van der Waals surface area contributed by atoms with Crippen LogP contribution in [0.15, 0.2) is 24.3 Å². The summed E-state index contributed by atoms with van der Waals surface area (Å²) in [6, 6.07) is 6.98. The highest BCUT2D eigenvalue weighted by Gasteiger charge is 2.19. The van der Waals surface area contributed by atoms with Crippen molar-refractivity contribution in [3.8, 4) is 0 Å². The molecule has 21 heavy (non-hydrogen) atoms. The van der Waals surface area contributed by atoms with Crippen molar-refractivity contribution < 1.29 is 9.59 Å². The van der Waals surface area contributed by atoms with Gasteiger partial charge in [0.1, 0.15) is 0 Å². The SMILES string of the molecule is CCNC(=O)CN(C)C(C)C(=O)Nc1ccc(CN)cc1. The van der Waals surface area contributed by atoms with Crippen LogP contribution in [0.4, 0.5) is 5.69 Å². The Morgan fingerprint density at radius 1 is 1.29 bits per heavy atom. The van der Waals surface area contributed by atoms with Gasteiger partial charge in [0.2, 0.25) is 11.8 Å². The highest BCUT2D eigenvalue weighted by Crippen LogP contribution is 2.10. The Labute approximate surface area is 125 Å². The quantitative estimate of drug-likeness (QED) is 0.684. The van der Waals surface area contributed by atoms with Crippen molar-refractivity contribution in [2.24, 2.45) is 5.73 Å². The average molecular weight is 292 g/mol. The molecule has 0 aliphatic carbocycles. The molecule has 0 aliphatic heterocycles. The third-order valence-corrected chi connectivity index (χ3v) is 3.26. The van der Waals surface area contributed by atoms with E-state index in [1.165, 1.54) is 0 Å². The Bertz CT molecular complexity index is 473. The van der Waals surface area contributed by atoms with Crippen LogP contribution in [0.1, 0.15) is 19.4 Å². The molecular weight excluding hydrogens is 268 g/mol. The number of hydrogen-bond donors (Lipinski definition) is 3. The van der Waals surface area contributed by atoms with E-state index in [0.717, 1.165) is 11.3 Å². The van der Waals surface area contributed by atoms with Gasteiger partial charge < -0.3 is 16.4 Å². The number of likely N-dealkylation sites (N-methyl/N-ethyl adjacent to an activating group) is 2. The van der Waals surface area contributed by atoms with Crippen LogP contribution in [0.25, 0.3) is 0 Å². The van der Waals surface area contributed by atoms with E-state index >= 15 is 0 Å². The van der Waals surface area contributed by atoms with Crippen molar-refractivity contribution in [1.29, 1.82) is 0 Å². The maximum Gasteiger partial charge on any atom is 0.241 e. The third kappa shape index (κ3) is 5.53. The summed E-state index contributed by atoms with van der Waals surface area (Å²) < 4.78 is 0. The second-order valence-corrected chi connectivity index (χ2v) is 4.93. The number of carbonyl (C=O) groups is 2. The molecule has 116 valence electrons. The van der Waals surface area contributed by atoms with Crippen molar-refractivity contribution in [3.63, 3.8) is 0 Å². The molecule has 2 amide bonds. The van der Waals surface area contributed by atoms with Crippen LogP contribution in [-0.4, -0.2) is 42.9 Å².